The minimum atomic E-state index is -0.621. The van der Waals surface area contributed by atoms with Crippen molar-refractivity contribution in [2.75, 3.05) is 29.5 Å². The average molecular weight is 738 g/mol. The summed E-state index contributed by atoms with van der Waals surface area (Å²) >= 11 is 2.56. The molecule has 3 N–H and O–H groups in total. The Morgan fingerprint density at radius 2 is 1.75 bits per heavy atom. The third kappa shape index (κ3) is 10.2. The van der Waals surface area contributed by atoms with E-state index in [1.807, 2.05) is 33.8 Å². The molecule has 1 aliphatic heterocycles. The van der Waals surface area contributed by atoms with Gasteiger partial charge < -0.3 is 30.3 Å². The quantitative estimate of drug-likeness (QED) is 0.106. The molecule has 0 spiro atoms. The first-order valence-electron chi connectivity index (χ1n) is 16.6. The second-order valence-electron chi connectivity index (χ2n) is 12.7. The van der Waals surface area contributed by atoms with E-state index in [0.29, 0.717) is 59.2 Å². The van der Waals surface area contributed by atoms with Crippen molar-refractivity contribution in [3.8, 4) is 11.8 Å². The average Bonchev–Trinajstić information content (AvgIpc) is 3.47. The van der Waals surface area contributed by atoms with E-state index in [-0.39, 0.29) is 17.4 Å². The van der Waals surface area contributed by atoms with Crippen LogP contribution < -0.4 is 20.7 Å². The van der Waals surface area contributed by atoms with Crippen molar-refractivity contribution in [2.24, 2.45) is 0 Å². The third-order valence-corrected chi connectivity index (χ3v) is 9.69. The van der Waals surface area contributed by atoms with Crippen molar-refractivity contribution < 1.29 is 28.7 Å². The normalized spacial score (nSPS) is 12.6. The molecule has 0 atom stereocenters. The van der Waals surface area contributed by atoms with Gasteiger partial charge >= 0.3 is 6.09 Å². The van der Waals surface area contributed by atoms with Crippen LogP contribution in [0.5, 0.6) is 5.75 Å². The molecular formula is C39H39N5O6S2. The standard InChI is InChI=1S/C39H39N5O6S2/c1-5-49-28-16-14-25(15-17-28)20-32(42-35(46)26-10-7-6-8-11-26)36(47)41-27-12-9-13-29(21-27)51-24-34(45)43-37-31(22-40)30-18-19-44(23-33(30)52-37)38(48)50-39(2,3)4/h6-17,20-21H,5,18-19,23-24H2,1-4H3,(H,41,47)(H,42,46)(H,43,45)/b32-20+. The molecule has 0 radical (unpaired) electrons. The van der Waals surface area contributed by atoms with Crippen LogP contribution in [0.2, 0.25) is 0 Å². The van der Waals surface area contributed by atoms with Gasteiger partial charge in [-0.05, 0) is 93.8 Å². The lowest BCUT2D eigenvalue weighted by molar-refractivity contribution is -0.114. The van der Waals surface area contributed by atoms with E-state index < -0.39 is 23.5 Å². The van der Waals surface area contributed by atoms with Crippen LogP contribution in [-0.4, -0.2) is 53.2 Å². The van der Waals surface area contributed by atoms with E-state index >= 15 is 0 Å². The number of carbonyl (C=O) groups is 4. The first-order valence-corrected chi connectivity index (χ1v) is 18.4. The summed E-state index contributed by atoms with van der Waals surface area (Å²) in [6, 6.07) is 25.0. The van der Waals surface area contributed by atoms with E-state index in [2.05, 4.69) is 22.0 Å². The predicted octanol–water partition coefficient (Wildman–Crippen LogP) is 7.45. The Labute approximate surface area is 311 Å². The van der Waals surface area contributed by atoms with Crippen LogP contribution in [0.1, 0.15) is 59.6 Å². The monoisotopic (exact) mass is 737 g/mol. The van der Waals surface area contributed by atoms with Crippen LogP contribution in [-0.2, 0) is 27.3 Å². The minimum absolute atomic E-state index is 0.0385. The zero-order valence-electron chi connectivity index (χ0n) is 29.3. The number of hydrogen-bond acceptors (Lipinski definition) is 9. The maximum atomic E-state index is 13.6. The van der Waals surface area contributed by atoms with Gasteiger partial charge in [0.05, 0.1) is 24.5 Å². The van der Waals surface area contributed by atoms with Gasteiger partial charge in [-0.2, -0.15) is 5.26 Å². The van der Waals surface area contributed by atoms with E-state index in [1.165, 1.54) is 23.1 Å². The molecule has 0 bridgehead atoms. The highest BCUT2D eigenvalue weighted by atomic mass is 32.2. The number of ether oxygens (including phenoxy) is 2. The number of nitriles is 1. The van der Waals surface area contributed by atoms with Crippen molar-refractivity contribution in [3.63, 3.8) is 0 Å². The van der Waals surface area contributed by atoms with Crippen LogP contribution >= 0.6 is 23.1 Å². The number of thioether (sulfide) groups is 1. The summed E-state index contributed by atoms with van der Waals surface area (Å²) in [5.74, 6) is -0.537. The topological polar surface area (TPSA) is 150 Å². The zero-order valence-corrected chi connectivity index (χ0v) is 30.9. The largest absolute Gasteiger partial charge is 0.494 e. The number of carbonyl (C=O) groups excluding carboxylic acids is 4. The van der Waals surface area contributed by atoms with Gasteiger partial charge in [0.2, 0.25) is 5.91 Å². The van der Waals surface area contributed by atoms with Gasteiger partial charge in [0, 0.05) is 27.6 Å². The number of hydrogen-bond donors (Lipinski definition) is 3. The molecule has 1 aliphatic rings. The Kier molecular flexibility index (Phi) is 12.4. The molecule has 0 saturated heterocycles. The van der Waals surface area contributed by atoms with E-state index in [0.717, 1.165) is 15.3 Å². The van der Waals surface area contributed by atoms with Crippen LogP contribution in [0.3, 0.4) is 0 Å². The van der Waals surface area contributed by atoms with Crippen LogP contribution in [0.15, 0.2) is 89.5 Å². The number of fused-ring (bicyclic) bond motifs is 1. The second kappa shape index (κ2) is 17.1. The van der Waals surface area contributed by atoms with Gasteiger partial charge in [0.1, 0.15) is 28.1 Å². The lowest BCUT2D eigenvalue weighted by Gasteiger charge is -2.29. The van der Waals surface area contributed by atoms with Gasteiger partial charge in [-0.3, -0.25) is 14.4 Å². The molecular weight excluding hydrogens is 699 g/mol. The van der Waals surface area contributed by atoms with Crippen LogP contribution in [0.4, 0.5) is 15.5 Å². The SMILES string of the molecule is CCOc1ccc(/C=C(/NC(=O)c2ccccc2)C(=O)Nc2cccc(SCC(=O)Nc3sc4c(c3C#N)CCN(C(=O)OC(C)(C)C)C4)c2)cc1. The molecule has 0 fully saturated rings. The van der Waals surface area contributed by atoms with Gasteiger partial charge in [-0.15, -0.1) is 23.1 Å². The number of anilines is 2. The number of benzene rings is 3. The lowest BCUT2D eigenvalue weighted by Crippen LogP contribution is -2.39. The fraction of sp³-hybridized carbons (Fsp3) is 0.256. The molecule has 0 aliphatic carbocycles. The molecule has 0 saturated carbocycles. The highest BCUT2D eigenvalue weighted by molar-refractivity contribution is 8.00. The molecule has 11 nitrogen and oxygen atoms in total. The first kappa shape index (κ1) is 37.7. The van der Waals surface area contributed by atoms with E-state index in [9.17, 15) is 24.4 Å². The van der Waals surface area contributed by atoms with E-state index in [4.69, 9.17) is 9.47 Å². The number of thiophene rings is 1. The summed E-state index contributed by atoms with van der Waals surface area (Å²) in [6.07, 6.45) is 1.66. The van der Waals surface area contributed by atoms with Gasteiger partial charge in [-0.1, -0.05) is 36.4 Å². The van der Waals surface area contributed by atoms with Crippen molar-refractivity contribution in [2.45, 2.75) is 51.2 Å². The lowest BCUT2D eigenvalue weighted by atomic mass is 10.0. The van der Waals surface area contributed by atoms with Crippen LogP contribution in [0, 0.1) is 11.3 Å². The Bertz CT molecular complexity index is 2010. The van der Waals surface area contributed by atoms with Gasteiger partial charge in [0.25, 0.3) is 11.8 Å². The number of nitrogens with zero attached hydrogens (tertiary/aromatic N) is 2. The highest BCUT2D eigenvalue weighted by Gasteiger charge is 2.30. The van der Waals surface area contributed by atoms with Gasteiger partial charge in [0.15, 0.2) is 0 Å². The van der Waals surface area contributed by atoms with Crippen molar-refractivity contribution in [1.82, 2.24) is 10.2 Å². The van der Waals surface area contributed by atoms with Crippen LogP contribution in [0.25, 0.3) is 6.08 Å². The summed E-state index contributed by atoms with van der Waals surface area (Å²) in [4.78, 5) is 55.4. The molecule has 268 valence electrons. The molecule has 1 aromatic heterocycles. The summed E-state index contributed by atoms with van der Waals surface area (Å²) < 4.78 is 11.0. The highest BCUT2D eigenvalue weighted by Crippen LogP contribution is 2.37. The summed E-state index contributed by atoms with van der Waals surface area (Å²) in [5.41, 5.74) is 2.23. The maximum absolute atomic E-state index is 13.6. The number of nitrogens with one attached hydrogen (secondary N) is 3. The smallest absolute Gasteiger partial charge is 0.410 e. The number of rotatable bonds is 11. The molecule has 0 unspecified atom stereocenters. The summed E-state index contributed by atoms with van der Waals surface area (Å²) in [5, 5.41) is 18.8. The molecule has 4 aromatic rings. The Hall–Kier alpha value is -5.58. The Morgan fingerprint density at radius 3 is 2.44 bits per heavy atom. The molecule has 4 amide bonds. The molecule has 3 aromatic carbocycles. The van der Waals surface area contributed by atoms with Crippen molar-refractivity contribution in [1.29, 1.82) is 5.26 Å². The predicted molar refractivity (Wildman–Crippen MR) is 203 cm³/mol. The zero-order chi connectivity index (χ0) is 37.3. The second-order valence-corrected chi connectivity index (χ2v) is 14.8. The minimum Gasteiger partial charge on any atom is -0.494 e. The number of amides is 4. The van der Waals surface area contributed by atoms with Gasteiger partial charge in [-0.25, -0.2) is 4.79 Å². The molecule has 13 heteroatoms. The van der Waals surface area contributed by atoms with Crippen molar-refractivity contribution >= 4 is 63.7 Å². The summed E-state index contributed by atoms with van der Waals surface area (Å²) in [7, 11) is 0. The third-order valence-electron chi connectivity index (χ3n) is 7.57. The van der Waals surface area contributed by atoms with E-state index in [1.54, 1.807) is 83.8 Å². The fourth-order valence-corrected chi connectivity index (χ4v) is 7.19. The first-order chi connectivity index (χ1) is 24.9. The fourth-order valence-electron chi connectivity index (χ4n) is 5.20. The maximum Gasteiger partial charge on any atom is 0.410 e. The molecule has 5 rings (SSSR count). The molecule has 52 heavy (non-hydrogen) atoms. The Morgan fingerprint density at radius 1 is 1.00 bits per heavy atom. The summed E-state index contributed by atoms with van der Waals surface area (Å²) in [6.45, 7) is 8.57. The Balaban J connectivity index is 1.23. The molecule has 2 heterocycles. The van der Waals surface area contributed by atoms with Crippen molar-refractivity contribution in [3.05, 3.63) is 112 Å².